The molecule has 0 saturated carbocycles. The minimum Gasteiger partial charge on any atom is -0.496 e. The second kappa shape index (κ2) is 10.2. The highest BCUT2D eigenvalue weighted by Gasteiger charge is 2.34. The summed E-state index contributed by atoms with van der Waals surface area (Å²) in [5.74, 6) is -1.80. The van der Waals surface area contributed by atoms with Gasteiger partial charge in [-0.1, -0.05) is 19.9 Å². The number of rotatable bonds is 9. The van der Waals surface area contributed by atoms with Crippen LogP contribution in [0.2, 0.25) is 0 Å². The van der Waals surface area contributed by atoms with Gasteiger partial charge in [0.15, 0.2) is 0 Å². The Balaban J connectivity index is 1.71. The van der Waals surface area contributed by atoms with Crippen LogP contribution in [0.25, 0.3) is 10.9 Å². The third-order valence-corrected chi connectivity index (χ3v) is 5.48. The van der Waals surface area contributed by atoms with Crippen molar-refractivity contribution in [3.05, 3.63) is 30.0 Å². The summed E-state index contributed by atoms with van der Waals surface area (Å²) in [6, 6.07) is 7.16. The average molecular weight is 453 g/mol. The maximum Gasteiger partial charge on any atom is 0.268 e. The number of aromatic amines is 1. The summed E-state index contributed by atoms with van der Waals surface area (Å²) in [5.41, 5.74) is 0.993. The number of carbonyl (C=O) groups is 4. The molecule has 0 radical (unpaired) electrons. The summed E-state index contributed by atoms with van der Waals surface area (Å²) >= 11 is 0. The van der Waals surface area contributed by atoms with E-state index < -0.39 is 41.6 Å². The lowest BCUT2D eigenvalue weighted by atomic mass is 9.98. The molecule has 10 heteroatoms. The molecule has 10 nitrogen and oxygen atoms in total. The fourth-order valence-electron chi connectivity index (χ4n) is 3.86. The highest BCUT2D eigenvalue weighted by molar-refractivity contribution is 6.03. The van der Waals surface area contributed by atoms with E-state index in [9.17, 15) is 24.4 Å². The van der Waals surface area contributed by atoms with Gasteiger partial charge in [0, 0.05) is 17.3 Å². The summed E-state index contributed by atoms with van der Waals surface area (Å²) in [5, 5.41) is 17.7. The molecule has 1 aromatic carbocycles. The zero-order valence-corrected chi connectivity index (χ0v) is 18.7. The third kappa shape index (κ3) is 5.68. The monoisotopic (exact) mass is 453 g/mol. The van der Waals surface area contributed by atoms with E-state index in [1.165, 1.54) is 0 Å². The van der Waals surface area contributed by atoms with Crippen molar-refractivity contribution < 1.29 is 23.9 Å². The zero-order chi connectivity index (χ0) is 24.1. The molecule has 33 heavy (non-hydrogen) atoms. The fraction of sp³-hybridized carbons (Fsp3) is 0.435. The molecule has 3 rings (SSSR count). The number of imide groups is 1. The molecule has 1 aliphatic rings. The van der Waals surface area contributed by atoms with Crippen LogP contribution in [0, 0.1) is 23.2 Å². The molecule has 4 amide bonds. The number of carbonyl (C=O) groups excluding carboxylic acids is 4. The first-order valence-corrected chi connectivity index (χ1v) is 10.7. The molecule has 174 valence electrons. The number of benzene rings is 1. The minimum atomic E-state index is -0.969. The molecule has 1 fully saturated rings. The van der Waals surface area contributed by atoms with Crippen molar-refractivity contribution in [2.45, 2.75) is 45.2 Å². The second-order valence-corrected chi connectivity index (χ2v) is 8.50. The smallest absolute Gasteiger partial charge is 0.268 e. The summed E-state index contributed by atoms with van der Waals surface area (Å²) in [6.45, 7) is 3.83. The van der Waals surface area contributed by atoms with Crippen LogP contribution in [0.1, 0.15) is 43.6 Å². The first-order chi connectivity index (χ1) is 15.7. The number of amides is 4. The third-order valence-electron chi connectivity index (χ3n) is 5.48. The van der Waals surface area contributed by atoms with Crippen LogP contribution in [-0.4, -0.2) is 47.8 Å². The largest absolute Gasteiger partial charge is 0.496 e. The number of hydrogen-bond acceptors (Lipinski definition) is 6. The van der Waals surface area contributed by atoms with E-state index in [0.29, 0.717) is 12.2 Å². The fourth-order valence-corrected chi connectivity index (χ4v) is 3.86. The van der Waals surface area contributed by atoms with Crippen LogP contribution >= 0.6 is 0 Å². The Morgan fingerprint density at radius 2 is 2.03 bits per heavy atom. The SMILES string of the molecule is COc1cccc2[nH]c(C(=O)N[C@@H](CC(C)C)C(=O)N[C@H](C#N)C[C@@H]3CC(=O)NC3=O)cc12. The lowest BCUT2D eigenvalue weighted by Crippen LogP contribution is -2.50. The van der Waals surface area contributed by atoms with Gasteiger partial charge >= 0.3 is 0 Å². The van der Waals surface area contributed by atoms with E-state index in [2.05, 4.69) is 20.9 Å². The number of fused-ring (bicyclic) bond motifs is 1. The number of nitrogens with one attached hydrogen (secondary N) is 4. The van der Waals surface area contributed by atoms with E-state index in [0.717, 1.165) is 10.9 Å². The number of hydrogen-bond donors (Lipinski definition) is 4. The number of nitrogens with zero attached hydrogens (tertiary/aromatic N) is 1. The molecule has 1 aromatic heterocycles. The molecular formula is C23H27N5O5. The Kier molecular flexibility index (Phi) is 7.33. The normalized spacial score (nSPS) is 17.4. The molecular weight excluding hydrogens is 426 g/mol. The Hall–Kier alpha value is -3.87. The highest BCUT2D eigenvalue weighted by Crippen LogP contribution is 2.26. The summed E-state index contributed by atoms with van der Waals surface area (Å²) in [4.78, 5) is 52.0. The first kappa shape index (κ1) is 23.8. The molecule has 0 unspecified atom stereocenters. The predicted molar refractivity (Wildman–Crippen MR) is 119 cm³/mol. The number of H-pyrrole nitrogens is 1. The number of methoxy groups -OCH3 is 1. The van der Waals surface area contributed by atoms with Crippen molar-refractivity contribution in [3.8, 4) is 11.8 Å². The van der Waals surface area contributed by atoms with Crippen molar-refractivity contribution >= 4 is 34.5 Å². The standard InChI is InChI=1S/C23H27N5O5/c1-12(2)7-17(22(31)25-14(11-24)8-13-9-20(29)28-21(13)30)27-23(32)18-10-15-16(26-18)5-4-6-19(15)33-3/h4-6,10,12-14,17,26H,7-9H2,1-3H3,(H,25,31)(H,27,32)(H,28,29,30)/t13-,14+,17+/m1/s1. The quantitative estimate of drug-likeness (QED) is 0.421. The van der Waals surface area contributed by atoms with E-state index in [1.807, 2.05) is 26.0 Å². The topological polar surface area (TPSA) is 153 Å². The van der Waals surface area contributed by atoms with Gasteiger partial charge in [-0.05, 0) is 37.0 Å². The van der Waals surface area contributed by atoms with Crippen molar-refractivity contribution in [1.82, 2.24) is 20.9 Å². The van der Waals surface area contributed by atoms with Gasteiger partial charge in [-0.25, -0.2) is 0 Å². The number of aromatic nitrogens is 1. The van der Waals surface area contributed by atoms with Gasteiger partial charge in [0.25, 0.3) is 5.91 Å². The Morgan fingerprint density at radius 1 is 1.27 bits per heavy atom. The van der Waals surface area contributed by atoms with Crippen LogP contribution in [0.15, 0.2) is 24.3 Å². The molecule has 3 atom stereocenters. The predicted octanol–water partition coefficient (Wildman–Crippen LogP) is 1.38. The van der Waals surface area contributed by atoms with Crippen molar-refractivity contribution in [1.29, 1.82) is 5.26 Å². The van der Waals surface area contributed by atoms with E-state index in [4.69, 9.17) is 4.74 Å². The van der Waals surface area contributed by atoms with Gasteiger partial charge in [-0.2, -0.15) is 5.26 Å². The number of nitriles is 1. The minimum absolute atomic E-state index is 0.0110. The Labute approximate surface area is 191 Å². The lowest BCUT2D eigenvalue weighted by Gasteiger charge is -2.22. The maximum absolute atomic E-state index is 12.9. The van der Waals surface area contributed by atoms with Crippen LogP contribution in [0.5, 0.6) is 5.75 Å². The van der Waals surface area contributed by atoms with Crippen LogP contribution < -0.4 is 20.7 Å². The Morgan fingerprint density at radius 3 is 2.64 bits per heavy atom. The second-order valence-electron chi connectivity index (χ2n) is 8.50. The lowest BCUT2D eigenvalue weighted by molar-refractivity contribution is -0.127. The van der Waals surface area contributed by atoms with Gasteiger partial charge in [-0.3, -0.25) is 24.5 Å². The molecule has 0 aliphatic carbocycles. The molecule has 0 spiro atoms. The van der Waals surface area contributed by atoms with Gasteiger partial charge < -0.3 is 20.4 Å². The van der Waals surface area contributed by atoms with Crippen LogP contribution in [0.4, 0.5) is 0 Å². The van der Waals surface area contributed by atoms with Crippen LogP contribution in [-0.2, 0) is 14.4 Å². The maximum atomic E-state index is 12.9. The molecule has 4 N–H and O–H groups in total. The van der Waals surface area contributed by atoms with E-state index in [1.54, 1.807) is 25.3 Å². The summed E-state index contributed by atoms with van der Waals surface area (Å²) in [7, 11) is 1.54. The van der Waals surface area contributed by atoms with E-state index in [-0.39, 0.29) is 24.5 Å². The molecule has 1 saturated heterocycles. The van der Waals surface area contributed by atoms with Crippen molar-refractivity contribution in [3.63, 3.8) is 0 Å². The molecule has 0 bridgehead atoms. The summed E-state index contributed by atoms with van der Waals surface area (Å²) in [6.07, 6.45) is 0.356. The summed E-state index contributed by atoms with van der Waals surface area (Å²) < 4.78 is 5.32. The molecule has 2 heterocycles. The molecule has 2 aromatic rings. The van der Waals surface area contributed by atoms with Crippen LogP contribution in [0.3, 0.4) is 0 Å². The Bertz CT molecular complexity index is 1120. The zero-order valence-electron chi connectivity index (χ0n) is 18.7. The average Bonchev–Trinajstić information content (AvgIpc) is 3.34. The van der Waals surface area contributed by atoms with Gasteiger partial charge in [0.05, 0.1) is 19.1 Å². The van der Waals surface area contributed by atoms with Gasteiger partial charge in [-0.15, -0.1) is 0 Å². The molecule has 1 aliphatic heterocycles. The van der Waals surface area contributed by atoms with Crippen molar-refractivity contribution in [2.75, 3.05) is 7.11 Å². The van der Waals surface area contributed by atoms with E-state index >= 15 is 0 Å². The van der Waals surface area contributed by atoms with Crippen molar-refractivity contribution in [2.24, 2.45) is 11.8 Å². The van der Waals surface area contributed by atoms with Gasteiger partial charge in [0.1, 0.15) is 23.5 Å². The number of ether oxygens (including phenoxy) is 1. The first-order valence-electron chi connectivity index (χ1n) is 10.7. The van der Waals surface area contributed by atoms with Gasteiger partial charge in [0.2, 0.25) is 17.7 Å². The highest BCUT2D eigenvalue weighted by atomic mass is 16.5.